The number of piperidine rings is 1. The summed E-state index contributed by atoms with van der Waals surface area (Å²) in [7, 11) is 0. The fraction of sp³-hybridized carbons (Fsp3) is 0.474. The van der Waals surface area contributed by atoms with E-state index >= 15 is 0 Å². The van der Waals surface area contributed by atoms with Gasteiger partial charge in [0.25, 0.3) is 0 Å². The van der Waals surface area contributed by atoms with Gasteiger partial charge in [-0.25, -0.2) is 4.39 Å². The van der Waals surface area contributed by atoms with Crippen LogP contribution in [0.15, 0.2) is 24.3 Å². The van der Waals surface area contributed by atoms with Crippen LogP contribution in [0.5, 0.6) is 0 Å². The number of hydrogen-bond acceptors (Lipinski definition) is 3. The normalized spacial score (nSPS) is 15.9. The smallest absolute Gasteiger partial charge is 0.154 e. The molecule has 0 bridgehead atoms. The van der Waals surface area contributed by atoms with E-state index in [4.69, 9.17) is 0 Å². The molecule has 1 fully saturated rings. The summed E-state index contributed by atoms with van der Waals surface area (Å²) in [5.41, 5.74) is 4.05. The van der Waals surface area contributed by atoms with Crippen LogP contribution in [-0.4, -0.2) is 23.3 Å². The van der Waals surface area contributed by atoms with E-state index < -0.39 is 0 Å². The van der Waals surface area contributed by atoms with Gasteiger partial charge in [-0.05, 0) is 68.0 Å². The molecule has 0 amide bonds. The highest BCUT2D eigenvalue weighted by Gasteiger charge is 2.22. The maximum Gasteiger partial charge on any atom is 0.154 e. The number of rotatable bonds is 3. The molecule has 0 saturated carbocycles. The van der Waals surface area contributed by atoms with Crippen LogP contribution in [-0.2, 0) is 0 Å². The Morgan fingerprint density at radius 1 is 1.04 bits per heavy atom. The lowest BCUT2D eigenvalue weighted by Gasteiger charge is -2.33. The van der Waals surface area contributed by atoms with Gasteiger partial charge in [0.15, 0.2) is 5.82 Å². The quantitative estimate of drug-likeness (QED) is 0.834. The third-order valence-corrected chi connectivity index (χ3v) is 5.11. The molecule has 1 aliphatic heterocycles. The Bertz CT molecular complexity index is 674. The van der Waals surface area contributed by atoms with Gasteiger partial charge in [0.05, 0.1) is 5.69 Å². The number of halogens is 1. The molecular formula is C19H24FN3. The highest BCUT2D eigenvalue weighted by Crippen LogP contribution is 2.30. The first-order chi connectivity index (χ1) is 11.1. The molecular weight excluding hydrogens is 289 g/mol. The van der Waals surface area contributed by atoms with Crippen molar-refractivity contribution in [1.82, 2.24) is 10.2 Å². The minimum atomic E-state index is -0.230. The third kappa shape index (κ3) is 3.21. The van der Waals surface area contributed by atoms with Crippen molar-refractivity contribution >= 4 is 5.82 Å². The van der Waals surface area contributed by atoms with E-state index in [1.54, 1.807) is 12.1 Å². The zero-order valence-corrected chi connectivity index (χ0v) is 14.1. The molecule has 2 aromatic rings. The molecule has 3 rings (SSSR count). The SMILES string of the molecule is CCC1CCN(c2nnc(-c3ccc(F)cc3)c(C)c2C)CC1. The second kappa shape index (κ2) is 6.65. The summed E-state index contributed by atoms with van der Waals surface area (Å²) in [5, 5.41) is 8.93. The molecule has 122 valence electrons. The first-order valence-electron chi connectivity index (χ1n) is 8.45. The van der Waals surface area contributed by atoms with Crippen LogP contribution in [0.2, 0.25) is 0 Å². The lowest BCUT2D eigenvalue weighted by Crippen LogP contribution is -2.34. The summed E-state index contributed by atoms with van der Waals surface area (Å²) >= 11 is 0. The van der Waals surface area contributed by atoms with E-state index in [1.165, 1.54) is 37.0 Å². The Kier molecular flexibility index (Phi) is 4.60. The molecule has 1 aliphatic rings. The van der Waals surface area contributed by atoms with Crippen LogP contribution in [0.4, 0.5) is 10.2 Å². The predicted molar refractivity (Wildman–Crippen MR) is 92.1 cm³/mol. The number of hydrogen-bond donors (Lipinski definition) is 0. The first kappa shape index (κ1) is 15.9. The van der Waals surface area contributed by atoms with Crippen molar-refractivity contribution < 1.29 is 4.39 Å². The Balaban J connectivity index is 1.87. The molecule has 3 nitrogen and oxygen atoms in total. The van der Waals surface area contributed by atoms with E-state index in [2.05, 4.69) is 35.9 Å². The number of nitrogens with zero attached hydrogens (tertiary/aromatic N) is 3. The maximum atomic E-state index is 13.1. The van der Waals surface area contributed by atoms with Crippen LogP contribution in [0.25, 0.3) is 11.3 Å². The Labute approximate surface area is 137 Å². The van der Waals surface area contributed by atoms with Crippen molar-refractivity contribution in [3.05, 3.63) is 41.2 Å². The van der Waals surface area contributed by atoms with Crippen molar-refractivity contribution in [2.75, 3.05) is 18.0 Å². The van der Waals surface area contributed by atoms with Gasteiger partial charge in [0.2, 0.25) is 0 Å². The average molecular weight is 313 g/mol. The fourth-order valence-electron chi connectivity index (χ4n) is 3.33. The lowest BCUT2D eigenvalue weighted by atomic mass is 9.94. The van der Waals surface area contributed by atoms with Gasteiger partial charge in [-0.3, -0.25) is 0 Å². The molecule has 2 heterocycles. The van der Waals surface area contributed by atoms with Crippen LogP contribution in [0, 0.1) is 25.6 Å². The van der Waals surface area contributed by atoms with E-state index in [0.717, 1.165) is 41.6 Å². The zero-order valence-electron chi connectivity index (χ0n) is 14.1. The van der Waals surface area contributed by atoms with E-state index in [9.17, 15) is 4.39 Å². The second-order valence-electron chi connectivity index (χ2n) is 6.47. The molecule has 1 aromatic heterocycles. The molecule has 0 N–H and O–H groups in total. The summed E-state index contributed by atoms with van der Waals surface area (Å²) in [5.74, 6) is 1.62. The molecule has 0 aliphatic carbocycles. The highest BCUT2D eigenvalue weighted by molar-refractivity contribution is 5.66. The molecule has 0 spiro atoms. The molecule has 1 aromatic carbocycles. The van der Waals surface area contributed by atoms with Crippen molar-refractivity contribution in [2.45, 2.75) is 40.0 Å². The van der Waals surface area contributed by atoms with Crippen LogP contribution >= 0.6 is 0 Å². The largest absolute Gasteiger partial charge is 0.355 e. The lowest BCUT2D eigenvalue weighted by molar-refractivity contribution is 0.393. The average Bonchev–Trinajstić information content (AvgIpc) is 2.58. The minimum Gasteiger partial charge on any atom is -0.355 e. The third-order valence-electron chi connectivity index (χ3n) is 5.11. The number of anilines is 1. The van der Waals surface area contributed by atoms with Crippen LogP contribution < -0.4 is 4.90 Å². The summed E-state index contributed by atoms with van der Waals surface area (Å²) in [4.78, 5) is 2.36. The van der Waals surface area contributed by atoms with Crippen molar-refractivity contribution in [3.63, 3.8) is 0 Å². The van der Waals surface area contributed by atoms with E-state index in [-0.39, 0.29) is 5.82 Å². The topological polar surface area (TPSA) is 29.0 Å². The predicted octanol–water partition coefficient (Wildman–Crippen LogP) is 4.53. The molecule has 0 atom stereocenters. The van der Waals surface area contributed by atoms with Crippen molar-refractivity contribution in [1.29, 1.82) is 0 Å². The van der Waals surface area contributed by atoms with Crippen LogP contribution in [0.3, 0.4) is 0 Å². The Hall–Kier alpha value is -1.97. The van der Waals surface area contributed by atoms with Gasteiger partial charge in [-0.2, -0.15) is 0 Å². The summed E-state index contributed by atoms with van der Waals surface area (Å²) < 4.78 is 13.1. The Morgan fingerprint density at radius 3 is 2.30 bits per heavy atom. The standard InChI is InChI=1S/C19H24FN3/c1-4-15-9-11-23(12-10-15)19-14(3)13(2)18(21-22-19)16-5-7-17(20)8-6-16/h5-8,15H,4,9-12H2,1-3H3. The first-order valence-corrected chi connectivity index (χ1v) is 8.45. The highest BCUT2D eigenvalue weighted by atomic mass is 19.1. The van der Waals surface area contributed by atoms with Gasteiger partial charge >= 0.3 is 0 Å². The van der Waals surface area contributed by atoms with Gasteiger partial charge in [-0.1, -0.05) is 13.3 Å². The number of aromatic nitrogens is 2. The zero-order chi connectivity index (χ0) is 16.4. The summed E-state index contributed by atoms with van der Waals surface area (Å²) in [6.07, 6.45) is 3.73. The summed E-state index contributed by atoms with van der Waals surface area (Å²) in [6, 6.07) is 6.46. The summed E-state index contributed by atoms with van der Waals surface area (Å²) in [6.45, 7) is 8.57. The minimum absolute atomic E-state index is 0.230. The van der Waals surface area contributed by atoms with Crippen molar-refractivity contribution in [3.8, 4) is 11.3 Å². The number of benzene rings is 1. The van der Waals surface area contributed by atoms with Gasteiger partial charge in [0.1, 0.15) is 5.82 Å². The van der Waals surface area contributed by atoms with Gasteiger partial charge < -0.3 is 4.90 Å². The molecule has 4 heteroatoms. The molecule has 0 unspecified atom stereocenters. The van der Waals surface area contributed by atoms with Crippen molar-refractivity contribution in [2.24, 2.45) is 5.92 Å². The molecule has 23 heavy (non-hydrogen) atoms. The van der Waals surface area contributed by atoms with E-state index in [1.807, 2.05) is 0 Å². The maximum absolute atomic E-state index is 13.1. The van der Waals surface area contributed by atoms with E-state index in [0.29, 0.717) is 0 Å². The second-order valence-corrected chi connectivity index (χ2v) is 6.47. The van der Waals surface area contributed by atoms with Crippen LogP contribution in [0.1, 0.15) is 37.3 Å². The molecule has 1 saturated heterocycles. The van der Waals surface area contributed by atoms with Gasteiger partial charge in [0, 0.05) is 18.7 Å². The fourth-order valence-corrected chi connectivity index (χ4v) is 3.33. The Morgan fingerprint density at radius 2 is 1.70 bits per heavy atom. The monoisotopic (exact) mass is 313 g/mol. The molecule has 0 radical (unpaired) electrons. The van der Waals surface area contributed by atoms with Gasteiger partial charge in [-0.15, -0.1) is 10.2 Å².